The fourth-order valence-corrected chi connectivity index (χ4v) is 0.988. The Kier molecular flexibility index (Phi) is 2.22. The van der Waals surface area contributed by atoms with Gasteiger partial charge in [0.25, 0.3) is 0 Å². The smallest absolute Gasteiger partial charge is 0.229 e. The predicted molar refractivity (Wildman–Crippen MR) is 49.4 cm³/mol. The molecule has 0 atom stereocenters. The molecular formula is C9H10N4O. The first kappa shape index (κ1) is 8.80. The van der Waals surface area contributed by atoms with E-state index in [1.807, 2.05) is 13.8 Å². The zero-order valence-corrected chi connectivity index (χ0v) is 8.01. The number of hydrogen-bond donors (Lipinski definition) is 0. The van der Waals surface area contributed by atoms with E-state index in [1.54, 1.807) is 18.6 Å². The SMILES string of the molecule is CC(C)c1nc(-c2cnccn2)no1. The van der Waals surface area contributed by atoms with Crippen LogP contribution in [0.15, 0.2) is 23.1 Å². The molecule has 0 unspecified atom stereocenters. The zero-order chi connectivity index (χ0) is 9.97. The predicted octanol–water partition coefficient (Wildman–Crippen LogP) is 1.65. The van der Waals surface area contributed by atoms with E-state index in [0.29, 0.717) is 17.4 Å². The lowest BCUT2D eigenvalue weighted by Crippen LogP contribution is -1.88. The molecule has 0 N–H and O–H groups in total. The Morgan fingerprint density at radius 3 is 2.71 bits per heavy atom. The van der Waals surface area contributed by atoms with Gasteiger partial charge in [0.1, 0.15) is 5.69 Å². The molecule has 0 aliphatic rings. The Bertz CT molecular complexity index is 410. The fourth-order valence-electron chi connectivity index (χ4n) is 0.988. The van der Waals surface area contributed by atoms with Crippen molar-refractivity contribution in [3.8, 4) is 11.5 Å². The van der Waals surface area contributed by atoms with Crippen molar-refractivity contribution in [2.24, 2.45) is 0 Å². The molecule has 5 heteroatoms. The average molecular weight is 190 g/mol. The van der Waals surface area contributed by atoms with Crippen LogP contribution in [0.4, 0.5) is 0 Å². The van der Waals surface area contributed by atoms with Gasteiger partial charge in [-0.05, 0) is 0 Å². The Hall–Kier alpha value is -1.78. The topological polar surface area (TPSA) is 64.7 Å². The van der Waals surface area contributed by atoms with Gasteiger partial charge in [-0.25, -0.2) is 4.98 Å². The van der Waals surface area contributed by atoms with Gasteiger partial charge in [-0.2, -0.15) is 4.98 Å². The first-order valence-corrected chi connectivity index (χ1v) is 4.37. The van der Waals surface area contributed by atoms with Crippen LogP contribution in [0, 0.1) is 0 Å². The number of nitrogens with zero attached hydrogens (tertiary/aromatic N) is 4. The molecule has 0 amide bonds. The van der Waals surface area contributed by atoms with Crippen molar-refractivity contribution in [3.63, 3.8) is 0 Å². The molecule has 0 spiro atoms. The molecule has 0 radical (unpaired) electrons. The monoisotopic (exact) mass is 190 g/mol. The van der Waals surface area contributed by atoms with Gasteiger partial charge in [-0.3, -0.25) is 4.98 Å². The highest BCUT2D eigenvalue weighted by Gasteiger charge is 2.11. The van der Waals surface area contributed by atoms with Crippen molar-refractivity contribution in [1.82, 2.24) is 20.1 Å². The van der Waals surface area contributed by atoms with Crippen molar-refractivity contribution >= 4 is 0 Å². The molecule has 5 nitrogen and oxygen atoms in total. The molecule has 14 heavy (non-hydrogen) atoms. The van der Waals surface area contributed by atoms with Gasteiger partial charge in [0.15, 0.2) is 0 Å². The first-order valence-electron chi connectivity index (χ1n) is 4.37. The Balaban J connectivity index is 2.34. The molecule has 72 valence electrons. The van der Waals surface area contributed by atoms with Crippen molar-refractivity contribution in [3.05, 3.63) is 24.5 Å². The summed E-state index contributed by atoms with van der Waals surface area (Å²) in [5.41, 5.74) is 0.628. The second-order valence-electron chi connectivity index (χ2n) is 3.20. The maximum Gasteiger partial charge on any atom is 0.229 e. The second-order valence-corrected chi connectivity index (χ2v) is 3.20. The summed E-state index contributed by atoms with van der Waals surface area (Å²) in [5.74, 6) is 1.33. The van der Waals surface area contributed by atoms with Gasteiger partial charge in [0.05, 0.1) is 6.20 Å². The van der Waals surface area contributed by atoms with Gasteiger partial charge < -0.3 is 4.52 Å². The van der Waals surface area contributed by atoms with Crippen LogP contribution in [0.1, 0.15) is 25.7 Å². The van der Waals surface area contributed by atoms with E-state index < -0.39 is 0 Å². The molecule has 0 saturated carbocycles. The Labute approximate surface area is 81.2 Å². The molecule has 0 aliphatic heterocycles. The van der Waals surface area contributed by atoms with Crippen molar-refractivity contribution in [2.45, 2.75) is 19.8 Å². The molecule has 0 aliphatic carbocycles. The second kappa shape index (κ2) is 3.53. The van der Waals surface area contributed by atoms with Crippen LogP contribution in [0.2, 0.25) is 0 Å². The average Bonchev–Trinajstić information content (AvgIpc) is 2.68. The van der Waals surface area contributed by atoms with Crippen LogP contribution in [-0.4, -0.2) is 20.1 Å². The highest BCUT2D eigenvalue weighted by molar-refractivity contribution is 5.45. The highest BCUT2D eigenvalue weighted by atomic mass is 16.5. The summed E-state index contributed by atoms with van der Waals surface area (Å²) in [6.45, 7) is 3.99. The summed E-state index contributed by atoms with van der Waals surface area (Å²) in [5, 5.41) is 3.82. The van der Waals surface area contributed by atoms with E-state index in [2.05, 4.69) is 20.1 Å². The maximum atomic E-state index is 5.05. The summed E-state index contributed by atoms with van der Waals surface area (Å²) in [7, 11) is 0. The van der Waals surface area contributed by atoms with E-state index in [9.17, 15) is 0 Å². The standard InChI is InChI=1S/C9H10N4O/c1-6(2)9-12-8(13-14-9)7-5-10-3-4-11-7/h3-6H,1-2H3. The van der Waals surface area contributed by atoms with Gasteiger partial charge in [-0.15, -0.1) is 0 Å². The van der Waals surface area contributed by atoms with Crippen LogP contribution in [-0.2, 0) is 0 Å². The molecule has 0 bridgehead atoms. The third-order valence-corrected chi connectivity index (χ3v) is 1.73. The largest absolute Gasteiger partial charge is 0.339 e. The van der Waals surface area contributed by atoms with E-state index in [1.165, 1.54) is 0 Å². The van der Waals surface area contributed by atoms with Crippen molar-refractivity contribution in [2.75, 3.05) is 0 Å². The summed E-state index contributed by atoms with van der Waals surface area (Å²) >= 11 is 0. The minimum atomic E-state index is 0.230. The van der Waals surface area contributed by atoms with E-state index in [0.717, 1.165) is 0 Å². The van der Waals surface area contributed by atoms with Gasteiger partial charge >= 0.3 is 0 Å². The zero-order valence-electron chi connectivity index (χ0n) is 8.01. The first-order chi connectivity index (χ1) is 6.77. The lowest BCUT2D eigenvalue weighted by molar-refractivity contribution is 0.365. The highest BCUT2D eigenvalue weighted by Crippen LogP contribution is 2.16. The van der Waals surface area contributed by atoms with E-state index >= 15 is 0 Å². The van der Waals surface area contributed by atoms with Crippen LogP contribution < -0.4 is 0 Å². The summed E-state index contributed by atoms with van der Waals surface area (Å²) in [6.07, 6.45) is 4.81. The van der Waals surface area contributed by atoms with E-state index in [-0.39, 0.29) is 5.92 Å². The van der Waals surface area contributed by atoms with Crippen LogP contribution in [0.3, 0.4) is 0 Å². The lowest BCUT2D eigenvalue weighted by Gasteiger charge is -1.92. The molecule has 2 rings (SSSR count). The third kappa shape index (κ3) is 1.61. The Morgan fingerprint density at radius 2 is 2.14 bits per heavy atom. The molecule has 0 fully saturated rings. The minimum absolute atomic E-state index is 0.230. The number of rotatable bonds is 2. The molecule has 2 aromatic rings. The summed E-state index contributed by atoms with van der Waals surface area (Å²) < 4.78 is 5.05. The van der Waals surface area contributed by atoms with Crippen molar-refractivity contribution in [1.29, 1.82) is 0 Å². The third-order valence-electron chi connectivity index (χ3n) is 1.73. The number of hydrogen-bond acceptors (Lipinski definition) is 5. The fraction of sp³-hybridized carbons (Fsp3) is 0.333. The summed E-state index contributed by atoms with van der Waals surface area (Å²) in [6, 6.07) is 0. The van der Waals surface area contributed by atoms with E-state index in [4.69, 9.17) is 4.52 Å². The Morgan fingerprint density at radius 1 is 1.29 bits per heavy atom. The molecule has 0 aromatic carbocycles. The van der Waals surface area contributed by atoms with Gasteiger partial charge in [-0.1, -0.05) is 19.0 Å². The van der Waals surface area contributed by atoms with Crippen molar-refractivity contribution < 1.29 is 4.52 Å². The maximum absolute atomic E-state index is 5.05. The molecule has 2 aromatic heterocycles. The normalized spacial score (nSPS) is 10.8. The van der Waals surface area contributed by atoms with Gasteiger partial charge in [0, 0.05) is 18.3 Å². The molecule has 2 heterocycles. The molecule has 0 saturated heterocycles. The van der Waals surface area contributed by atoms with Crippen LogP contribution in [0.25, 0.3) is 11.5 Å². The van der Waals surface area contributed by atoms with Crippen LogP contribution in [0.5, 0.6) is 0 Å². The summed E-state index contributed by atoms with van der Waals surface area (Å²) in [4.78, 5) is 12.2. The molecular weight excluding hydrogens is 180 g/mol. The number of aromatic nitrogens is 4. The van der Waals surface area contributed by atoms with Crippen LogP contribution >= 0.6 is 0 Å². The minimum Gasteiger partial charge on any atom is -0.339 e. The quantitative estimate of drug-likeness (QED) is 0.720. The van der Waals surface area contributed by atoms with Gasteiger partial charge in [0.2, 0.25) is 11.7 Å². The lowest BCUT2D eigenvalue weighted by atomic mass is 10.2.